The van der Waals surface area contributed by atoms with Gasteiger partial charge in [0.1, 0.15) is 13.2 Å². The monoisotopic (exact) mass is 373 g/mol. The van der Waals surface area contributed by atoms with Gasteiger partial charge in [0.05, 0.1) is 19.7 Å². The third-order valence-electron chi connectivity index (χ3n) is 4.16. The molecular formula is C17H31N3O6. The normalized spacial score (nSPS) is 23.7. The summed E-state index contributed by atoms with van der Waals surface area (Å²) in [5.41, 5.74) is 0. The van der Waals surface area contributed by atoms with Gasteiger partial charge in [-0.3, -0.25) is 19.3 Å². The van der Waals surface area contributed by atoms with Gasteiger partial charge in [-0.05, 0) is 12.3 Å². The molecule has 3 fully saturated rings. The van der Waals surface area contributed by atoms with Gasteiger partial charge in [0.15, 0.2) is 0 Å². The van der Waals surface area contributed by atoms with Crippen molar-refractivity contribution in [3.63, 3.8) is 0 Å². The lowest BCUT2D eigenvalue weighted by molar-refractivity contribution is -0.150. The lowest BCUT2D eigenvalue weighted by Crippen LogP contribution is -2.40. The molecule has 3 heterocycles. The van der Waals surface area contributed by atoms with Crippen molar-refractivity contribution in [2.45, 2.75) is 19.8 Å². The van der Waals surface area contributed by atoms with Crippen LogP contribution in [0.1, 0.15) is 19.8 Å². The van der Waals surface area contributed by atoms with Gasteiger partial charge in [-0.1, -0.05) is 6.92 Å². The molecule has 3 aliphatic heterocycles. The zero-order chi connectivity index (χ0) is 19.4. The Balaban J connectivity index is 0.000000198. The summed E-state index contributed by atoms with van der Waals surface area (Å²) < 4.78 is 9.27. The number of morpholine rings is 2. The molecule has 1 amide bonds. The van der Waals surface area contributed by atoms with E-state index in [9.17, 15) is 14.4 Å². The predicted molar refractivity (Wildman–Crippen MR) is 94.3 cm³/mol. The number of β-amino-alcohol motifs (C(OH)–C–C–N with tert-alkyl or cyclic N) is 1. The van der Waals surface area contributed by atoms with Crippen LogP contribution >= 0.6 is 0 Å². The second-order valence-corrected chi connectivity index (χ2v) is 6.53. The summed E-state index contributed by atoms with van der Waals surface area (Å²) in [5.74, 6) is 0.563. The second-order valence-electron chi connectivity index (χ2n) is 6.53. The van der Waals surface area contributed by atoms with E-state index in [0.29, 0.717) is 44.7 Å². The average molecular weight is 373 g/mol. The molecular weight excluding hydrogens is 342 g/mol. The molecule has 0 aliphatic carbocycles. The van der Waals surface area contributed by atoms with Gasteiger partial charge in [0.25, 0.3) is 0 Å². The number of likely N-dealkylation sites (tertiary alicyclic amines) is 1. The molecule has 9 nitrogen and oxygen atoms in total. The van der Waals surface area contributed by atoms with Crippen molar-refractivity contribution in [3.05, 3.63) is 0 Å². The molecule has 1 atom stereocenters. The number of nitrogens with one attached hydrogen (secondary N) is 1. The number of aliphatic hydroxyl groups excluding tert-OH is 1. The first kappa shape index (κ1) is 22.3. The van der Waals surface area contributed by atoms with Gasteiger partial charge in [0.2, 0.25) is 5.91 Å². The van der Waals surface area contributed by atoms with Crippen molar-refractivity contribution in [2.24, 2.45) is 5.92 Å². The van der Waals surface area contributed by atoms with Crippen LogP contribution < -0.4 is 5.32 Å². The molecule has 3 aliphatic rings. The van der Waals surface area contributed by atoms with Crippen molar-refractivity contribution >= 4 is 17.8 Å². The topological polar surface area (TPSA) is 108 Å². The van der Waals surface area contributed by atoms with E-state index in [1.165, 1.54) is 6.42 Å². The van der Waals surface area contributed by atoms with E-state index in [2.05, 4.69) is 17.0 Å². The SMILES string of the molecule is CC1CCN(C)C(=O)C1.O=C1CN(CCO)CCO1.O=C1CNCCO1. The van der Waals surface area contributed by atoms with Crippen LogP contribution in [-0.4, -0.2) is 98.9 Å². The fourth-order valence-corrected chi connectivity index (χ4v) is 2.50. The molecule has 3 saturated heterocycles. The Morgan fingerprint density at radius 3 is 2.35 bits per heavy atom. The number of nitrogens with zero attached hydrogens (tertiary/aromatic N) is 2. The molecule has 2 N–H and O–H groups in total. The van der Waals surface area contributed by atoms with E-state index < -0.39 is 0 Å². The zero-order valence-corrected chi connectivity index (χ0v) is 15.7. The van der Waals surface area contributed by atoms with Crippen LogP contribution in [0.25, 0.3) is 0 Å². The van der Waals surface area contributed by atoms with E-state index in [0.717, 1.165) is 26.1 Å². The van der Waals surface area contributed by atoms with Crippen LogP contribution in [0, 0.1) is 5.92 Å². The Labute approximate surface area is 154 Å². The summed E-state index contributed by atoms with van der Waals surface area (Å²) in [7, 11) is 1.87. The number of aliphatic hydroxyl groups is 1. The Kier molecular flexibility index (Phi) is 10.8. The number of cyclic esters (lactones) is 2. The lowest BCUT2D eigenvalue weighted by atomic mass is 9.99. The Morgan fingerprint density at radius 2 is 1.88 bits per heavy atom. The van der Waals surface area contributed by atoms with Gasteiger partial charge < -0.3 is 24.8 Å². The smallest absolute Gasteiger partial charge is 0.320 e. The number of amides is 1. The summed E-state index contributed by atoms with van der Waals surface area (Å²) >= 11 is 0. The minimum absolute atomic E-state index is 0.104. The predicted octanol–water partition coefficient (Wildman–Crippen LogP) is -1.15. The first-order chi connectivity index (χ1) is 12.4. The number of ether oxygens (including phenoxy) is 2. The average Bonchev–Trinajstić information content (AvgIpc) is 2.61. The highest BCUT2D eigenvalue weighted by Gasteiger charge is 2.19. The number of rotatable bonds is 2. The highest BCUT2D eigenvalue weighted by Crippen LogP contribution is 2.15. The van der Waals surface area contributed by atoms with Crippen LogP contribution in [-0.2, 0) is 23.9 Å². The fourth-order valence-electron chi connectivity index (χ4n) is 2.50. The Hall–Kier alpha value is -1.71. The lowest BCUT2D eigenvalue weighted by Gasteiger charge is -2.26. The van der Waals surface area contributed by atoms with Crippen LogP contribution in [0.15, 0.2) is 0 Å². The molecule has 0 bridgehead atoms. The van der Waals surface area contributed by atoms with Crippen molar-refractivity contribution in [3.8, 4) is 0 Å². The van der Waals surface area contributed by atoms with Crippen molar-refractivity contribution in [1.29, 1.82) is 0 Å². The maximum atomic E-state index is 10.9. The van der Waals surface area contributed by atoms with Gasteiger partial charge >= 0.3 is 11.9 Å². The molecule has 0 saturated carbocycles. The van der Waals surface area contributed by atoms with Crippen LogP contribution in [0.3, 0.4) is 0 Å². The highest BCUT2D eigenvalue weighted by atomic mass is 16.5. The van der Waals surface area contributed by atoms with Crippen LogP contribution in [0.5, 0.6) is 0 Å². The molecule has 0 aromatic heterocycles. The molecule has 150 valence electrons. The van der Waals surface area contributed by atoms with E-state index in [-0.39, 0.29) is 18.5 Å². The maximum absolute atomic E-state index is 10.9. The number of piperidine rings is 1. The third kappa shape index (κ3) is 9.69. The second kappa shape index (κ2) is 12.6. The Morgan fingerprint density at radius 1 is 1.15 bits per heavy atom. The first-order valence-electron chi connectivity index (χ1n) is 9.01. The summed E-state index contributed by atoms with van der Waals surface area (Å²) in [5, 5.41) is 11.4. The minimum Gasteiger partial charge on any atom is -0.463 e. The first-order valence-corrected chi connectivity index (χ1v) is 9.01. The molecule has 0 spiro atoms. The van der Waals surface area contributed by atoms with E-state index in [4.69, 9.17) is 9.84 Å². The fraction of sp³-hybridized carbons (Fsp3) is 0.824. The van der Waals surface area contributed by atoms with E-state index in [1.54, 1.807) is 4.90 Å². The summed E-state index contributed by atoms with van der Waals surface area (Å²) in [6, 6.07) is 0. The summed E-state index contributed by atoms with van der Waals surface area (Å²) in [6.45, 7) is 6.96. The van der Waals surface area contributed by atoms with E-state index >= 15 is 0 Å². The molecule has 0 aromatic carbocycles. The summed E-state index contributed by atoms with van der Waals surface area (Å²) in [6.07, 6.45) is 1.92. The van der Waals surface area contributed by atoms with Crippen LogP contribution in [0.4, 0.5) is 0 Å². The van der Waals surface area contributed by atoms with Crippen molar-refractivity contribution in [2.75, 3.05) is 66.1 Å². The van der Waals surface area contributed by atoms with Crippen LogP contribution in [0.2, 0.25) is 0 Å². The van der Waals surface area contributed by atoms with Gasteiger partial charge in [0, 0.05) is 39.6 Å². The molecule has 26 heavy (non-hydrogen) atoms. The molecule has 3 rings (SSSR count). The Bertz CT molecular complexity index is 450. The molecule has 0 aromatic rings. The molecule has 0 radical (unpaired) electrons. The zero-order valence-electron chi connectivity index (χ0n) is 15.7. The standard InChI is InChI=1S/C7H13NO.C6H11NO3.C4H7NO2/c1-6-3-4-8(2)7(9)5-6;8-3-1-7-2-4-10-6(9)5-7;6-4-3-5-1-2-7-4/h6H,3-5H2,1-2H3;8H,1-5H2;5H,1-3H2. The number of hydrogen-bond acceptors (Lipinski definition) is 8. The van der Waals surface area contributed by atoms with Crippen molar-refractivity contribution in [1.82, 2.24) is 15.1 Å². The number of carbonyl (C=O) groups excluding carboxylic acids is 3. The van der Waals surface area contributed by atoms with Gasteiger partial charge in [-0.25, -0.2) is 0 Å². The molecule has 9 heteroatoms. The van der Waals surface area contributed by atoms with Crippen molar-refractivity contribution < 1.29 is 29.0 Å². The number of carbonyl (C=O) groups is 3. The minimum atomic E-state index is -0.195. The summed E-state index contributed by atoms with van der Waals surface area (Å²) in [4.78, 5) is 35.4. The number of hydrogen-bond donors (Lipinski definition) is 2. The van der Waals surface area contributed by atoms with Gasteiger partial charge in [-0.2, -0.15) is 0 Å². The largest absolute Gasteiger partial charge is 0.463 e. The van der Waals surface area contributed by atoms with Gasteiger partial charge in [-0.15, -0.1) is 0 Å². The maximum Gasteiger partial charge on any atom is 0.320 e. The quantitative estimate of drug-likeness (QED) is 0.584. The molecule has 1 unspecified atom stereocenters. The third-order valence-corrected chi connectivity index (χ3v) is 4.16. The number of esters is 2. The van der Waals surface area contributed by atoms with E-state index in [1.807, 2.05) is 11.9 Å². The highest BCUT2D eigenvalue weighted by molar-refractivity contribution is 5.76.